The average Bonchev–Trinajstić information content (AvgIpc) is 3.23. The van der Waals surface area contributed by atoms with Crippen LogP contribution in [0.15, 0.2) is 30.3 Å². The monoisotopic (exact) mass is 425 g/mol. The lowest BCUT2D eigenvalue weighted by atomic mass is 9.96. The number of aryl methyl sites for hydroxylation is 2. The number of ether oxygens (including phenoxy) is 1. The second-order valence-corrected chi connectivity index (χ2v) is 8.44. The van der Waals surface area contributed by atoms with Gasteiger partial charge in [0.25, 0.3) is 0 Å². The van der Waals surface area contributed by atoms with E-state index in [0.717, 1.165) is 47.6 Å². The third kappa shape index (κ3) is 6.21. The van der Waals surface area contributed by atoms with Crippen molar-refractivity contribution in [1.82, 2.24) is 10.2 Å². The van der Waals surface area contributed by atoms with Gasteiger partial charge in [-0.05, 0) is 99.6 Å². The lowest BCUT2D eigenvalue weighted by Crippen LogP contribution is -2.42. The van der Waals surface area contributed by atoms with Crippen LogP contribution < -0.4 is 15.8 Å². The minimum Gasteiger partial charge on any atom is -0.508 e. The maximum atomic E-state index is 12.7. The van der Waals surface area contributed by atoms with Crippen LogP contribution in [0.1, 0.15) is 47.6 Å². The number of phenolic OH excluding ortho intramolecular Hbond substituents is 1. The summed E-state index contributed by atoms with van der Waals surface area (Å²) < 4.78 is 5.77. The van der Waals surface area contributed by atoms with Crippen molar-refractivity contribution in [3.05, 3.63) is 58.1 Å². The molecule has 168 valence electrons. The second-order valence-electron chi connectivity index (χ2n) is 8.44. The summed E-state index contributed by atoms with van der Waals surface area (Å²) in [6.45, 7) is 9.97. The largest absolute Gasteiger partial charge is 0.508 e. The Balaban J connectivity index is 1.65. The van der Waals surface area contributed by atoms with E-state index in [1.54, 1.807) is 12.1 Å². The first-order valence-electron chi connectivity index (χ1n) is 11.2. The Morgan fingerprint density at radius 3 is 2.52 bits per heavy atom. The van der Waals surface area contributed by atoms with Crippen molar-refractivity contribution < 1.29 is 14.6 Å². The van der Waals surface area contributed by atoms with Crippen LogP contribution in [-0.4, -0.2) is 41.7 Å². The fourth-order valence-corrected chi connectivity index (χ4v) is 4.28. The van der Waals surface area contributed by atoms with Gasteiger partial charge in [-0.2, -0.15) is 0 Å². The molecule has 1 heterocycles. The molecule has 0 bridgehead atoms. The number of benzene rings is 2. The Hall–Kier alpha value is -2.57. The number of nitrogens with two attached hydrogens (primary N) is 1. The number of aromatic hydroxyl groups is 1. The van der Waals surface area contributed by atoms with Gasteiger partial charge in [0.05, 0.1) is 12.6 Å². The van der Waals surface area contributed by atoms with E-state index >= 15 is 0 Å². The van der Waals surface area contributed by atoms with Gasteiger partial charge in [0.2, 0.25) is 5.91 Å². The summed E-state index contributed by atoms with van der Waals surface area (Å²) in [6.07, 6.45) is 2.95. The Bertz CT molecular complexity index is 884. The fraction of sp³-hybridized carbons (Fsp3) is 0.480. The molecule has 1 aliphatic heterocycles. The van der Waals surface area contributed by atoms with Gasteiger partial charge in [-0.15, -0.1) is 0 Å². The number of hydrogen-bond acceptors (Lipinski definition) is 5. The van der Waals surface area contributed by atoms with Crippen molar-refractivity contribution >= 4 is 5.91 Å². The van der Waals surface area contributed by atoms with Gasteiger partial charge in [0.1, 0.15) is 11.5 Å². The summed E-state index contributed by atoms with van der Waals surface area (Å²) in [5.74, 6) is 0.833. The predicted molar refractivity (Wildman–Crippen MR) is 123 cm³/mol. The molecule has 2 aromatic carbocycles. The zero-order chi connectivity index (χ0) is 22.4. The normalized spacial score (nSPS) is 15.1. The molecular formula is C25H35N3O3. The molecule has 6 heteroatoms. The third-order valence-electron chi connectivity index (χ3n) is 5.92. The van der Waals surface area contributed by atoms with Gasteiger partial charge in [0.15, 0.2) is 0 Å². The molecule has 0 spiro atoms. The summed E-state index contributed by atoms with van der Waals surface area (Å²) in [6, 6.07) is 8.98. The molecule has 4 N–H and O–H groups in total. The van der Waals surface area contributed by atoms with Crippen molar-refractivity contribution in [1.29, 1.82) is 0 Å². The van der Waals surface area contributed by atoms with Crippen LogP contribution in [0.5, 0.6) is 11.5 Å². The molecule has 1 aliphatic rings. The van der Waals surface area contributed by atoms with E-state index in [-0.39, 0.29) is 11.7 Å². The molecule has 0 unspecified atom stereocenters. The van der Waals surface area contributed by atoms with Crippen molar-refractivity contribution in [3.8, 4) is 11.5 Å². The van der Waals surface area contributed by atoms with Gasteiger partial charge >= 0.3 is 0 Å². The second kappa shape index (κ2) is 10.6. The minimum absolute atomic E-state index is 0.195. The maximum absolute atomic E-state index is 12.7. The number of carbonyl (C=O) groups is 1. The molecule has 31 heavy (non-hydrogen) atoms. The zero-order valence-electron chi connectivity index (χ0n) is 18.9. The highest BCUT2D eigenvalue weighted by Crippen LogP contribution is 2.23. The van der Waals surface area contributed by atoms with Crippen LogP contribution in [0.2, 0.25) is 0 Å². The van der Waals surface area contributed by atoms with E-state index in [4.69, 9.17) is 10.5 Å². The smallest absolute Gasteiger partial charge is 0.237 e. The minimum atomic E-state index is -0.662. The Morgan fingerprint density at radius 2 is 1.87 bits per heavy atom. The number of likely N-dealkylation sites (tertiary alicyclic amines) is 1. The third-order valence-corrected chi connectivity index (χ3v) is 5.92. The molecule has 3 rings (SSSR count). The average molecular weight is 426 g/mol. The molecule has 6 nitrogen and oxygen atoms in total. The summed E-state index contributed by atoms with van der Waals surface area (Å²) in [5.41, 5.74) is 11.3. The quantitative estimate of drug-likeness (QED) is 0.574. The van der Waals surface area contributed by atoms with E-state index in [9.17, 15) is 9.90 Å². The lowest BCUT2D eigenvalue weighted by molar-refractivity contribution is -0.122. The summed E-state index contributed by atoms with van der Waals surface area (Å²) >= 11 is 0. The molecule has 0 aromatic heterocycles. The van der Waals surface area contributed by atoms with Crippen LogP contribution in [0.3, 0.4) is 0 Å². The number of carbonyl (C=O) groups excluding carboxylic acids is 1. The number of rotatable bonds is 9. The van der Waals surface area contributed by atoms with Crippen LogP contribution in [0.25, 0.3) is 0 Å². The van der Waals surface area contributed by atoms with Crippen molar-refractivity contribution in [2.45, 2.75) is 59.2 Å². The first kappa shape index (κ1) is 23.1. The molecule has 1 atom stereocenters. The molecule has 0 saturated carbocycles. The predicted octanol–water partition coefficient (Wildman–Crippen LogP) is 3.19. The molecule has 1 fully saturated rings. The first-order valence-corrected chi connectivity index (χ1v) is 11.2. The van der Waals surface area contributed by atoms with E-state index in [1.807, 2.05) is 26.8 Å². The topological polar surface area (TPSA) is 87.8 Å². The number of nitrogens with zero attached hydrogens (tertiary/aromatic N) is 1. The zero-order valence-corrected chi connectivity index (χ0v) is 18.9. The Labute approximate surface area is 185 Å². The highest BCUT2D eigenvalue weighted by molar-refractivity contribution is 5.82. The summed E-state index contributed by atoms with van der Waals surface area (Å²) in [4.78, 5) is 15.2. The van der Waals surface area contributed by atoms with Gasteiger partial charge in [-0.25, -0.2) is 0 Å². The van der Waals surface area contributed by atoms with Gasteiger partial charge in [0, 0.05) is 18.7 Å². The highest BCUT2D eigenvalue weighted by Gasteiger charge is 2.18. The molecule has 1 saturated heterocycles. The number of amides is 1. The molecular weight excluding hydrogens is 390 g/mol. The maximum Gasteiger partial charge on any atom is 0.237 e. The highest BCUT2D eigenvalue weighted by atomic mass is 16.5. The van der Waals surface area contributed by atoms with Gasteiger partial charge in [-0.1, -0.05) is 6.07 Å². The molecule has 0 aliphatic carbocycles. The van der Waals surface area contributed by atoms with Crippen LogP contribution in [0.4, 0.5) is 0 Å². The van der Waals surface area contributed by atoms with Gasteiger partial charge in [-0.3, -0.25) is 9.69 Å². The van der Waals surface area contributed by atoms with Crippen molar-refractivity contribution in [3.63, 3.8) is 0 Å². The Morgan fingerprint density at radius 1 is 1.19 bits per heavy atom. The van der Waals surface area contributed by atoms with E-state index in [0.29, 0.717) is 19.6 Å². The van der Waals surface area contributed by atoms with Crippen LogP contribution >= 0.6 is 0 Å². The molecule has 2 aromatic rings. The SMILES string of the molecule is CCOc1ccc(CN2CCCC2)cc1CNC(=O)[C@@H](N)Cc1c(C)cc(O)cc1C. The number of phenols is 1. The molecule has 1 amide bonds. The number of nitrogens with one attached hydrogen (secondary N) is 1. The standard InChI is InChI=1S/C25H35N3O3/c1-4-31-24-8-7-19(16-28-9-5-6-10-28)13-20(24)15-27-25(30)23(26)14-22-17(2)11-21(29)12-18(22)3/h7-8,11-13,23,29H,4-6,9-10,14-16,26H2,1-3H3,(H,27,30)/t23-/m0/s1. The fourth-order valence-electron chi connectivity index (χ4n) is 4.28. The summed E-state index contributed by atoms with van der Waals surface area (Å²) in [5, 5.41) is 12.7. The Kier molecular flexibility index (Phi) is 7.93. The van der Waals surface area contributed by atoms with Crippen molar-refractivity contribution in [2.75, 3.05) is 19.7 Å². The van der Waals surface area contributed by atoms with Crippen molar-refractivity contribution in [2.24, 2.45) is 5.73 Å². The van der Waals surface area contributed by atoms with E-state index < -0.39 is 6.04 Å². The lowest BCUT2D eigenvalue weighted by Gasteiger charge is -2.19. The van der Waals surface area contributed by atoms with E-state index in [1.165, 1.54) is 18.4 Å². The number of hydrogen-bond donors (Lipinski definition) is 3. The molecule has 0 radical (unpaired) electrons. The summed E-state index contributed by atoms with van der Waals surface area (Å²) in [7, 11) is 0. The van der Waals surface area contributed by atoms with E-state index in [2.05, 4.69) is 22.3 Å². The van der Waals surface area contributed by atoms with Crippen LogP contribution in [-0.2, 0) is 24.3 Å². The van der Waals surface area contributed by atoms with Gasteiger partial charge < -0.3 is 20.9 Å². The first-order chi connectivity index (χ1) is 14.9. The van der Waals surface area contributed by atoms with Crippen LogP contribution in [0, 0.1) is 13.8 Å².